The number of halogens is 1. The summed E-state index contributed by atoms with van der Waals surface area (Å²) < 4.78 is 1.11. The number of carbonyl (C=O) groups is 1. The minimum atomic E-state index is -0.682. The van der Waals surface area contributed by atoms with Gasteiger partial charge in [-0.15, -0.1) is 0 Å². The van der Waals surface area contributed by atoms with Gasteiger partial charge in [0.2, 0.25) is 0 Å². The summed E-state index contributed by atoms with van der Waals surface area (Å²) in [5.74, 6) is -0.149. The number of carboxylic acid groups (broad SMARTS) is 1. The van der Waals surface area contributed by atoms with Gasteiger partial charge in [-0.2, -0.15) is 0 Å². The van der Waals surface area contributed by atoms with Crippen molar-refractivity contribution in [1.29, 1.82) is 0 Å². The molecule has 0 bridgehead atoms. The van der Waals surface area contributed by atoms with E-state index in [2.05, 4.69) is 46.0 Å². The maximum atomic E-state index is 10.6. The quantitative estimate of drug-likeness (QED) is 0.897. The molecule has 3 nitrogen and oxygen atoms in total. The van der Waals surface area contributed by atoms with Gasteiger partial charge >= 0.3 is 5.97 Å². The molecule has 4 heteroatoms. The van der Waals surface area contributed by atoms with Gasteiger partial charge in [0.05, 0.1) is 0 Å². The Kier molecular flexibility index (Phi) is 4.99. The number of rotatable bonds is 5. The summed E-state index contributed by atoms with van der Waals surface area (Å²) in [7, 11) is 0. The van der Waals surface area contributed by atoms with E-state index in [0.29, 0.717) is 18.4 Å². The molecule has 1 saturated heterocycles. The lowest BCUT2D eigenvalue weighted by molar-refractivity contribution is -0.137. The average Bonchev–Trinajstić information content (AvgIpc) is 2.84. The highest BCUT2D eigenvalue weighted by atomic mass is 79.9. The van der Waals surface area contributed by atoms with Crippen molar-refractivity contribution < 1.29 is 9.90 Å². The van der Waals surface area contributed by atoms with Gasteiger partial charge in [0.1, 0.15) is 0 Å². The number of likely N-dealkylation sites (tertiary alicyclic amines) is 1. The molecule has 1 fully saturated rings. The molecule has 0 radical (unpaired) electrons. The maximum Gasteiger partial charge on any atom is 0.303 e. The molecular formula is C15H20BrNO2. The van der Waals surface area contributed by atoms with E-state index in [9.17, 15) is 4.79 Å². The maximum absolute atomic E-state index is 10.6. The van der Waals surface area contributed by atoms with Crippen molar-refractivity contribution in [2.24, 2.45) is 5.92 Å². The Labute approximate surface area is 122 Å². The second kappa shape index (κ2) is 6.53. The van der Waals surface area contributed by atoms with Crippen LogP contribution in [0.2, 0.25) is 0 Å². The molecular weight excluding hydrogens is 306 g/mol. The summed E-state index contributed by atoms with van der Waals surface area (Å²) in [6.45, 7) is 4.31. The summed E-state index contributed by atoms with van der Waals surface area (Å²) in [5.41, 5.74) is 1.31. The Morgan fingerprint density at radius 3 is 3.05 bits per heavy atom. The SMILES string of the molecule is CC(c1cccc(Br)c1)N1CCC(CCC(=O)O)C1. The minimum Gasteiger partial charge on any atom is -0.481 e. The first-order chi connectivity index (χ1) is 9.06. The third-order valence-electron chi connectivity index (χ3n) is 3.96. The Morgan fingerprint density at radius 2 is 2.37 bits per heavy atom. The van der Waals surface area contributed by atoms with Gasteiger partial charge in [0.15, 0.2) is 0 Å². The van der Waals surface area contributed by atoms with Crippen molar-refractivity contribution >= 4 is 21.9 Å². The number of nitrogens with zero attached hydrogens (tertiary/aromatic N) is 1. The predicted octanol–water partition coefficient (Wildman–Crippen LogP) is 3.70. The highest BCUT2D eigenvalue weighted by molar-refractivity contribution is 9.10. The number of hydrogen-bond donors (Lipinski definition) is 1. The molecule has 1 heterocycles. The zero-order valence-corrected chi connectivity index (χ0v) is 12.8. The molecule has 1 aromatic carbocycles. The third-order valence-corrected chi connectivity index (χ3v) is 4.46. The van der Waals surface area contributed by atoms with E-state index < -0.39 is 5.97 Å². The van der Waals surface area contributed by atoms with Crippen molar-refractivity contribution in [1.82, 2.24) is 4.90 Å². The van der Waals surface area contributed by atoms with E-state index in [1.54, 1.807) is 0 Å². The average molecular weight is 326 g/mol. The molecule has 0 spiro atoms. The van der Waals surface area contributed by atoms with Crippen molar-refractivity contribution in [2.75, 3.05) is 13.1 Å². The molecule has 0 saturated carbocycles. The standard InChI is InChI=1S/C15H20BrNO2/c1-11(13-3-2-4-14(16)9-13)17-8-7-12(10-17)5-6-15(18)19/h2-4,9,11-12H,5-8,10H2,1H3,(H,18,19). The molecule has 0 aliphatic carbocycles. The van der Waals surface area contributed by atoms with Crippen LogP contribution in [0.1, 0.15) is 37.8 Å². The predicted molar refractivity (Wildman–Crippen MR) is 79.1 cm³/mol. The first-order valence-corrected chi connectivity index (χ1v) is 7.57. The smallest absolute Gasteiger partial charge is 0.303 e. The van der Waals surface area contributed by atoms with Gasteiger partial charge in [-0.25, -0.2) is 0 Å². The highest BCUT2D eigenvalue weighted by Crippen LogP contribution is 2.30. The monoisotopic (exact) mass is 325 g/mol. The molecule has 2 atom stereocenters. The lowest BCUT2D eigenvalue weighted by Crippen LogP contribution is -2.24. The van der Waals surface area contributed by atoms with E-state index in [0.717, 1.165) is 30.4 Å². The van der Waals surface area contributed by atoms with Crippen LogP contribution in [-0.4, -0.2) is 29.1 Å². The fourth-order valence-corrected chi connectivity index (χ4v) is 3.17. The lowest BCUT2D eigenvalue weighted by atomic mass is 10.0. The molecule has 2 rings (SSSR count). The third kappa shape index (κ3) is 4.05. The zero-order chi connectivity index (χ0) is 13.8. The van der Waals surface area contributed by atoms with Crippen molar-refractivity contribution in [2.45, 2.75) is 32.2 Å². The van der Waals surface area contributed by atoms with Crippen LogP contribution >= 0.6 is 15.9 Å². The summed E-state index contributed by atoms with van der Waals surface area (Å²) >= 11 is 3.51. The van der Waals surface area contributed by atoms with Crippen LogP contribution in [0.5, 0.6) is 0 Å². The van der Waals surface area contributed by atoms with E-state index in [1.807, 2.05) is 6.07 Å². The van der Waals surface area contributed by atoms with Crippen LogP contribution < -0.4 is 0 Å². The summed E-state index contributed by atoms with van der Waals surface area (Å²) in [5, 5.41) is 8.74. The fraction of sp³-hybridized carbons (Fsp3) is 0.533. The van der Waals surface area contributed by atoms with Crippen molar-refractivity contribution in [3.8, 4) is 0 Å². The highest BCUT2D eigenvalue weighted by Gasteiger charge is 2.26. The molecule has 19 heavy (non-hydrogen) atoms. The van der Waals surface area contributed by atoms with Crippen LogP contribution in [-0.2, 0) is 4.79 Å². The van der Waals surface area contributed by atoms with E-state index in [1.165, 1.54) is 5.56 Å². The lowest BCUT2D eigenvalue weighted by Gasteiger charge is -2.25. The van der Waals surface area contributed by atoms with Crippen LogP contribution in [0.3, 0.4) is 0 Å². The van der Waals surface area contributed by atoms with Crippen LogP contribution in [0, 0.1) is 5.92 Å². The van der Waals surface area contributed by atoms with Gasteiger partial charge in [0, 0.05) is 23.5 Å². The first kappa shape index (κ1) is 14.5. The van der Waals surface area contributed by atoms with Gasteiger partial charge < -0.3 is 5.11 Å². The topological polar surface area (TPSA) is 40.5 Å². The van der Waals surface area contributed by atoms with Crippen molar-refractivity contribution in [3.63, 3.8) is 0 Å². The first-order valence-electron chi connectivity index (χ1n) is 6.77. The number of carboxylic acids is 1. The van der Waals surface area contributed by atoms with Crippen LogP contribution in [0.4, 0.5) is 0 Å². The Balaban J connectivity index is 1.91. The second-order valence-corrected chi connectivity index (χ2v) is 6.23. The summed E-state index contributed by atoms with van der Waals surface area (Å²) in [4.78, 5) is 13.1. The minimum absolute atomic E-state index is 0.295. The van der Waals surface area contributed by atoms with Gasteiger partial charge in [-0.05, 0) is 49.9 Å². The molecule has 2 unspecified atom stereocenters. The van der Waals surface area contributed by atoms with Gasteiger partial charge in [-0.1, -0.05) is 28.1 Å². The summed E-state index contributed by atoms with van der Waals surface area (Å²) in [6, 6.07) is 8.81. The Bertz CT molecular complexity index is 450. The molecule has 1 aliphatic heterocycles. The Hall–Kier alpha value is -0.870. The molecule has 0 aromatic heterocycles. The Morgan fingerprint density at radius 1 is 1.58 bits per heavy atom. The van der Waals surface area contributed by atoms with E-state index in [4.69, 9.17) is 5.11 Å². The molecule has 104 valence electrons. The number of hydrogen-bond acceptors (Lipinski definition) is 2. The van der Waals surface area contributed by atoms with E-state index >= 15 is 0 Å². The molecule has 1 aliphatic rings. The molecule has 0 amide bonds. The number of aliphatic carboxylic acids is 1. The summed E-state index contributed by atoms with van der Waals surface area (Å²) in [6.07, 6.45) is 2.21. The normalized spacial score (nSPS) is 21.5. The van der Waals surface area contributed by atoms with E-state index in [-0.39, 0.29) is 0 Å². The van der Waals surface area contributed by atoms with Crippen LogP contribution in [0.25, 0.3) is 0 Å². The van der Waals surface area contributed by atoms with Crippen LogP contribution in [0.15, 0.2) is 28.7 Å². The fourth-order valence-electron chi connectivity index (χ4n) is 2.75. The van der Waals surface area contributed by atoms with Gasteiger partial charge in [0.25, 0.3) is 0 Å². The largest absolute Gasteiger partial charge is 0.481 e. The number of benzene rings is 1. The van der Waals surface area contributed by atoms with Crippen molar-refractivity contribution in [3.05, 3.63) is 34.3 Å². The van der Waals surface area contributed by atoms with Gasteiger partial charge in [-0.3, -0.25) is 9.69 Å². The zero-order valence-electron chi connectivity index (χ0n) is 11.2. The second-order valence-electron chi connectivity index (χ2n) is 5.31. The molecule has 1 N–H and O–H groups in total. The molecule has 1 aromatic rings.